The van der Waals surface area contributed by atoms with Crippen molar-refractivity contribution in [3.63, 3.8) is 0 Å². The number of fused-ring (bicyclic) bond motifs is 1. The fraction of sp³-hybridized carbons (Fsp3) is 0. The SMILES string of the molecule is O=[N+]([O-])c1ccc(-[n+]2ccc3ccccc3c2)cc1. The summed E-state index contributed by atoms with van der Waals surface area (Å²) in [5.74, 6) is 0. The molecule has 2 aromatic carbocycles. The normalized spacial score (nSPS) is 10.5. The first-order chi connectivity index (χ1) is 9.24. The number of benzene rings is 2. The Kier molecular flexibility index (Phi) is 2.68. The first-order valence-electron chi connectivity index (χ1n) is 5.89. The van der Waals surface area contributed by atoms with Gasteiger partial charge in [-0.1, -0.05) is 18.2 Å². The Hall–Kier alpha value is -2.75. The summed E-state index contributed by atoms with van der Waals surface area (Å²) < 4.78 is 1.95. The molecular formula is C15H11N2O2+. The molecule has 4 heteroatoms. The molecule has 0 N–H and O–H groups in total. The molecule has 0 aliphatic heterocycles. The van der Waals surface area contributed by atoms with Crippen LogP contribution in [0.3, 0.4) is 0 Å². The fourth-order valence-electron chi connectivity index (χ4n) is 2.04. The van der Waals surface area contributed by atoms with Gasteiger partial charge in [0.15, 0.2) is 12.4 Å². The molecule has 3 aromatic rings. The first-order valence-corrected chi connectivity index (χ1v) is 5.89. The molecule has 0 bridgehead atoms. The Labute approximate surface area is 109 Å². The van der Waals surface area contributed by atoms with E-state index in [1.807, 2.05) is 41.2 Å². The lowest BCUT2D eigenvalue weighted by Gasteiger charge is -1.98. The van der Waals surface area contributed by atoms with E-state index in [2.05, 4.69) is 6.07 Å². The van der Waals surface area contributed by atoms with Gasteiger partial charge in [-0.15, -0.1) is 0 Å². The van der Waals surface area contributed by atoms with E-state index in [0.717, 1.165) is 11.1 Å². The minimum absolute atomic E-state index is 0.102. The van der Waals surface area contributed by atoms with Gasteiger partial charge < -0.3 is 0 Å². The maximum absolute atomic E-state index is 10.6. The molecule has 1 aromatic heterocycles. The van der Waals surface area contributed by atoms with Gasteiger partial charge in [-0.25, -0.2) is 0 Å². The van der Waals surface area contributed by atoms with Gasteiger partial charge in [0.2, 0.25) is 5.69 Å². The molecule has 0 spiro atoms. The fourth-order valence-corrected chi connectivity index (χ4v) is 2.04. The molecule has 92 valence electrons. The summed E-state index contributed by atoms with van der Waals surface area (Å²) >= 11 is 0. The summed E-state index contributed by atoms with van der Waals surface area (Å²) in [6.45, 7) is 0. The molecular weight excluding hydrogens is 240 g/mol. The van der Waals surface area contributed by atoms with Crippen molar-refractivity contribution in [1.82, 2.24) is 0 Å². The number of nitro benzene ring substituents is 1. The van der Waals surface area contributed by atoms with Gasteiger partial charge >= 0.3 is 0 Å². The summed E-state index contributed by atoms with van der Waals surface area (Å²) in [4.78, 5) is 10.2. The molecule has 0 saturated carbocycles. The van der Waals surface area contributed by atoms with Crippen molar-refractivity contribution in [1.29, 1.82) is 0 Å². The van der Waals surface area contributed by atoms with Gasteiger partial charge in [0, 0.05) is 35.7 Å². The van der Waals surface area contributed by atoms with Gasteiger partial charge in [-0.05, 0) is 11.5 Å². The van der Waals surface area contributed by atoms with Crippen molar-refractivity contribution in [3.8, 4) is 5.69 Å². The highest BCUT2D eigenvalue weighted by atomic mass is 16.6. The molecule has 3 rings (SSSR count). The predicted octanol–water partition coefficient (Wildman–Crippen LogP) is 3.02. The van der Waals surface area contributed by atoms with Crippen LogP contribution in [-0.4, -0.2) is 4.92 Å². The Morgan fingerprint density at radius 3 is 2.26 bits per heavy atom. The minimum atomic E-state index is -0.394. The van der Waals surface area contributed by atoms with Crippen LogP contribution < -0.4 is 4.57 Å². The highest BCUT2D eigenvalue weighted by molar-refractivity contribution is 5.80. The monoisotopic (exact) mass is 251 g/mol. The second-order valence-corrected chi connectivity index (χ2v) is 4.25. The number of non-ortho nitro benzene ring substituents is 1. The van der Waals surface area contributed by atoms with E-state index < -0.39 is 4.92 Å². The average molecular weight is 251 g/mol. The van der Waals surface area contributed by atoms with Crippen molar-refractivity contribution in [3.05, 3.63) is 77.1 Å². The lowest BCUT2D eigenvalue weighted by Crippen LogP contribution is -2.29. The van der Waals surface area contributed by atoms with Crippen LogP contribution in [0.4, 0.5) is 5.69 Å². The van der Waals surface area contributed by atoms with Crippen LogP contribution >= 0.6 is 0 Å². The van der Waals surface area contributed by atoms with Crippen LogP contribution in [0.15, 0.2) is 67.0 Å². The molecule has 1 heterocycles. The number of rotatable bonds is 2. The van der Waals surface area contributed by atoms with E-state index in [-0.39, 0.29) is 5.69 Å². The van der Waals surface area contributed by atoms with Gasteiger partial charge in [0.25, 0.3) is 5.69 Å². The maximum atomic E-state index is 10.6. The second kappa shape index (κ2) is 4.49. The van der Waals surface area contributed by atoms with E-state index in [9.17, 15) is 10.1 Å². The average Bonchev–Trinajstić information content (AvgIpc) is 2.47. The van der Waals surface area contributed by atoms with E-state index in [4.69, 9.17) is 0 Å². The molecule has 0 unspecified atom stereocenters. The number of hydrogen-bond acceptors (Lipinski definition) is 2. The molecule has 4 nitrogen and oxygen atoms in total. The molecule has 0 radical (unpaired) electrons. The van der Waals surface area contributed by atoms with Crippen LogP contribution in [-0.2, 0) is 0 Å². The van der Waals surface area contributed by atoms with E-state index in [1.54, 1.807) is 12.1 Å². The zero-order valence-corrected chi connectivity index (χ0v) is 10.1. The number of hydrogen-bond donors (Lipinski definition) is 0. The summed E-state index contributed by atoms with van der Waals surface area (Å²) in [6, 6.07) is 16.6. The van der Waals surface area contributed by atoms with E-state index >= 15 is 0 Å². The van der Waals surface area contributed by atoms with Gasteiger partial charge in [-0.2, -0.15) is 4.57 Å². The predicted molar refractivity (Wildman–Crippen MR) is 72.1 cm³/mol. The molecule has 0 fully saturated rings. The molecule has 0 atom stereocenters. The first kappa shape index (κ1) is 11.3. The Morgan fingerprint density at radius 1 is 0.895 bits per heavy atom. The van der Waals surface area contributed by atoms with Crippen molar-refractivity contribution < 1.29 is 9.49 Å². The Bertz CT molecular complexity index is 751. The summed E-state index contributed by atoms with van der Waals surface area (Å²) in [5.41, 5.74) is 1.00. The second-order valence-electron chi connectivity index (χ2n) is 4.25. The Morgan fingerprint density at radius 2 is 1.58 bits per heavy atom. The summed E-state index contributed by atoms with van der Waals surface area (Å²) in [5, 5.41) is 12.9. The zero-order valence-electron chi connectivity index (χ0n) is 10.1. The van der Waals surface area contributed by atoms with Crippen molar-refractivity contribution >= 4 is 16.5 Å². The lowest BCUT2D eigenvalue weighted by atomic mass is 10.2. The highest BCUT2D eigenvalue weighted by Crippen LogP contribution is 2.14. The maximum Gasteiger partial charge on any atom is 0.269 e. The third-order valence-electron chi connectivity index (χ3n) is 3.05. The van der Waals surface area contributed by atoms with Crippen LogP contribution in [0, 0.1) is 10.1 Å². The standard InChI is InChI=1S/C15H11N2O2/c18-17(19)15-7-5-14(6-8-15)16-10-9-12-3-1-2-4-13(12)11-16/h1-11H/q+1. The minimum Gasteiger partial charge on any atom is -0.258 e. The van der Waals surface area contributed by atoms with Crippen LogP contribution in [0.5, 0.6) is 0 Å². The zero-order chi connectivity index (χ0) is 13.2. The summed E-state index contributed by atoms with van der Waals surface area (Å²) in [7, 11) is 0. The van der Waals surface area contributed by atoms with Crippen molar-refractivity contribution in [2.75, 3.05) is 0 Å². The Balaban J connectivity index is 2.06. The molecule has 0 saturated heterocycles. The van der Waals surface area contributed by atoms with Crippen LogP contribution in [0.2, 0.25) is 0 Å². The van der Waals surface area contributed by atoms with Crippen LogP contribution in [0.1, 0.15) is 0 Å². The topological polar surface area (TPSA) is 47.0 Å². The van der Waals surface area contributed by atoms with Crippen LogP contribution in [0.25, 0.3) is 16.5 Å². The largest absolute Gasteiger partial charge is 0.269 e. The quantitative estimate of drug-likeness (QED) is 0.399. The molecule has 0 aliphatic rings. The molecule has 0 amide bonds. The van der Waals surface area contributed by atoms with E-state index in [1.165, 1.54) is 17.5 Å². The van der Waals surface area contributed by atoms with Crippen molar-refractivity contribution in [2.45, 2.75) is 0 Å². The lowest BCUT2D eigenvalue weighted by molar-refractivity contribution is -0.594. The van der Waals surface area contributed by atoms with Gasteiger partial charge in [-0.3, -0.25) is 10.1 Å². The third-order valence-corrected chi connectivity index (χ3v) is 3.05. The van der Waals surface area contributed by atoms with Gasteiger partial charge in [0.1, 0.15) is 0 Å². The number of nitrogens with zero attached hydrogens (tertiary/aromatic N) is 2. The molecule has 19 heavy (non-hydrogen) atoms. The number of pyridine rings is 1. The van der Waals surface area contributed by atoms with Crippen molar-refractivity contribution in [2.24, 2.45) is 0 Å². The highest BCUT2D eigenvalue weighted by Gasteiger charge is 2.10. The smallest absolute Gasteiger partial charge is 0.258 e. The van der Waals surface area contributed by atoms with E-state index in [0.29, 0.717) is 0 Å². The third kappa shape index (κ3) is 2.15. The van der Waals surface area contributed by atoms with Gasteiger partial charge in [0.05, 0.1) is 4.92 Å². The molecule has 0 aliphatic carbocycles. The summed E-state index contributed by atoms with van der Waals surface area (Å²) in [6.07, 6.45) is 3.96. The number of nitro groups is 1. The number of aromatic nitrogens is 1.